The second kappa shape index (κ2) is 5.75. The van der Waals surface area contributed by atoms with Gasteiger partial charge in [-0.15, -0.1) is 0 Å². The third-order valence-electron chi connectivity index (χ3n) is 3.85. The minimum Gasteiger partial charge on any atom is -0.478 e. The zero-order valence-electron chi connectivity index (χ0n) is 11.8. The average molecular weight is 313 g/mol. The van der Waals surface area contributed by atoms with Crippen molar-refractivity contribution in [3.63, 3.8) is 0 Å². The normalized spacial score (nSPS) is 17.8. The van der Waals surface area contributed by atoms with Gasteiger partial charge in [0.15, 0.2) is 0 Å². The van der Waals surface area contributed by atoms with E-state index in [-0.39, 0.29) is 17.0 Å². The molecule has 1 saturated carbocycles. The zero-order chi connectivity index (χ0) is 15.7. The number of rotatable bonds is 5. The Labute approximate surface area is 123 Å². The number of nitrogens with one attached hydrogen (secondary N) is 1. The smallest absolute Gasteiger partial charge is 0.335 e. The standard InChI is InChI=1S/C14H19NO5S/c1-10-4-5-11(13(16)17)8-12(10)21(19,20)15-9-14(18)6-2-3-7-14/h4-5,8,15,18H,2-3,6-7,9H2,1H3,(H,16,17). The number of sulfonamides is 1. The number of carboxylic acid groups (broad SMARTS) is 1. The number of aryl methyl sites for hydroxylation is 1. The van der Waals surface area contributed by atoms with Gasteiger partial charge in [-0.2, -0.15) is 0 Å². The molecular weight excluding hydrogens is 294 g/mol. The number of hydrogen-bond acceptors (Lipinski definition) is 4. The van der Waals surface area contributed by atoms with Crippen molar-refractivity contribution < 1.29 is 23.4 Å². The number of carbonyl (C=O) groups is 1. The van der Waals surface area contributed by atoms with E-state index in [1.807, 2.05) is 0 Å². The molecule has 0 spiro atoms. The largest absolute Gasteiger partial charge is 0.478 e. The molecule has 1 aliphatic rings. The molecule has 1 aromatic carbocycles. The highest BCUT2D eigenvalue weighted by Gasteiger charge is 2.32. The van der Waals surface area contributed by atoms with Crippen LogP contribution in [-0.2, 0) is 10.0 Å². The van der Waals surface area contributed by atoms with Crippen LogP contribution >= 0.6 is 0 Å². The van der Waals surface area contributed by atoms with Crippen LogP contribution in [0.25, 0.3) is 0 Å². The molecule has 6 nitrogen and oxygen atoms in total. The molecule has 2 rings (SSSR count). The van der Waals surface area contributed by atoms with Crippen LogP contribution in [0.2, 0.25) is 0 Å². The fourth-order valence-electron chi connectivity index (χ4n) is 2.54. The Morgan fingerprint density at radius 2 is 1.95 bits per heavy atom. The van der Waals surface area contributed by atoms with Crippen LogP contribution in [0.15, 0.2) is 23.1 Å². The first-order chi connectivity index (χ1) is 9.73. The quantitative estimate of drug-likeness (QED) is 0.759. The molecule has 0 atom stereocenters. The van der Waals surface area contributed by atoms with Gasteiger partial charge in [-0.05, 0) is 37.5 Å². The lowest BCUT2D eigenvalue weighted by molar-refractivity contribution is 0.0531. The van der Waals surface area contributed by atoms with E-state index in [2.05, 4.69) is 4.72 Å². The molecule has 1 aliphatic carbocycles. The molecule has 21 heavy (non-hydrogen) atoms. The monoisotopic (exact) mass is 313 g/mol. The van der Waals surface area contributed by atoms with Crippen molar-refractivity contribution in [2.24, 2.45) is 0 Å². The number of aliphatic hydroxyl groups is 1. The topological polar surface area (TPSA) is 104 Å². The summed E-state index contributed by atoms with van der Waals surface area (Å²) in [7, 11) is -3.85. The highest BCUT2D eigenvalue weighted by molar-refractivity contribution is 7.89. The minimum atomic E-state index is -3.85. The van der Waals surface area contributed by atoms with Gasteiger partial charge in [0.05, 0.1) is 16.1 Å². The first kappa shape index (κ1) is 15.9. The van der Waals surface area contributed by atoms with E-state index in [0.717, 1.165) is 18.9 Å². The van der Waals surface area contributed by atoms with Gasteiger partial charge in [-0.3, -0.25) is 0 Å². The summed E-state index contributed by atoms with van der Waals surface area (Å²) in [5.41, 5.74) is -0.614. The van der Waals surface area contributed by atoms with Gasteiger partial charge in [0.2, 0.25) is 10.0 Å². The van der Waals surface area contributed by atoms with Crippen molar-refractivity contribution in [3.8, 4) is 0 Å². The van der Waals surface area contributed by atoms with Crippen molar-refractivity contribution in [1.82, 2.24) is 4.72 Å². The van der Waals surface area contributed by atoms with E-state index in [4.69, 9.17) is 5.11 Å². The van der Waals surface area contributed by atoms with Crippen molar-refractivity contribution in [2.45, 2.75) is 43.1 Å². The van der Waals surface area contributed by atoms with Crippen molar-refractivity contribution >= 4 is 16.0 Å². The van der Waals surface area contributed by atoms with Gasteiger partial charge < -0.3 is 10.2 Å². The van der Waals surface area contributed by atoms with E-state index in [9.17, 15) is 18.3 Å². The molecule has 0 bridgehead atoms. The number of carboxylic acids is 1. The van der Waals surface area contributed by atoms with Crippen molar-refractivity contribution in [2.75, 3.05) is 6.54 Å². The molecule has 0 radical (unpaired) electrons. The van der Waals surface area contributed by atoms with Crippen LogP contribution < -0.4 is 4.72 Å². The molecule has 0 aromatic heterocycles. The summed E-state index contributed by atoms with van der Waals surface area (Å²) >= 11 is 0. The number of benzene rings is 1. The van der Waals surface area contributed by atoms with E-state index >= 15 is 0 Å². The first-order valence-electron chi connectivity index (χ1n) is 6.80. The molecular formula is C14H19NO5S. The Hall–Kier alpha value is -1.44. The first-order valence-corrected chi connectivity index (χ1v) is 8.28. The molecule has 7 heteroatoms. The molecule has 0 unspecified atom stereocenters. The minimum absolute atomic E-state index is 0.0495. The van der Waals surface area contributed by atoms with Crippen molar-refractivity contribution in [3.05, 3.63) is 29.3 Å². The van der Waals surface area contributed by atoms with E-state index < -0.39 is 21.6 Å². The van der Waals surface area contributed by atoms with E-state index in [0.29, 0.717) is 18.4 Å². The van der Waals surface area contributed by atoms with Gasteiger partial charge in [0.25, 0.3) is 0 Å². The van der Waals surface area contributed by atoms with Crippen LogP contribution in [0, 0.1) is 6.92 Å². The Bertz CT molecular complexity index is 647. The summed E-state index contributed by atoms with van der Waals surface area (Å²) in [6.45, 7) is 1.55. The Morgan fingerprint density at radius 1 is 1.33 bits per heavy atom. The third kappa shape index (κ3) is 3.61. The lowest BCUT2D eigenvalue weighted by Gasteiger charge is -2.22. The van der Waals surface area contributed by atoms with E-state index in [1.54, 1.807) is 6.92 Å². The third-order valence-corrected chi connectivity index (χ3v) is 5.39. The van der Waals surface area contributed by atoms with Crippen LogP contribution in [-0.4, -0.2) is 36.7 Å². The molecule has 0 aliphatic heterocycles. The van der Waals surface area contributed by atoms with Crippen molar-refractivity contribution in [1.29, 1.82) is 0 Å². The van der Waals surface area contributed by atoms with Gasteiger partial charge in [0.1, 0.15) is 0 Å². The zero-order valence-corrected chi connectivity index (χ0v) is 12.6. The van der Waals surface area contributed by atoms with Crippen LogP contribution in [0.5, 0.6) is 0 Å². The molecule has 3 N–H and O–H groups in total. The number of hydrogen-bond donors (Lipinski definition) is 3. The highest BCUT2D eigenvalue weighted by Crippen LogP contribution is 2.29. The Kier molecular flexibility index (Phi) is 4.36. The summed E-state index contributed by atoms with van der Waals surface area (Å²) in [6, 6.07) is 3.96. The molecule has 1 aromatic rings. The SMILES string of the molecule is Cc1ccc(C(=O)O)cc1S(=O)(=O)NCC1(O)CCCC1. The fraction of sp³-hybridized carbons (Fsp3) is 0.500. The van der Waals surface area contributed by atoms with Gasteiger partial charge in [-0.25, -0.2) is 17.9 Å². The summed E-state index contributed by atoms with van der Waals surface area (Å²) in [5.74, 6) is -1.18. The molecule has 0 amide bonds. The molecule has 0 saturated heterocycles. The highest BCUT2D eigenvalue weighted by atomic mass is 32.2. The predicted octanol–water partition coefficient (Wildman–Crippen LogP) is 1.28. The van der Waals surface area contributed by atoms with Crippen LogP contribution in [0.1, 0.15) is 41.6 Å². The summed E-state index contributed by atoms with van der Waals surface area (Å²) in [6.07, 6.45) is 2.91. The van der Waals surface area contributed by atoms with Crippen LogP contribution in [0.3, 0.4) is 0 Å². The molecule has 0 heterocycles. The summed E-state index contributed by atoms with van der Waals surface area (Å²) < 4.78 is 27.0. The average Bonchev–Trinajstić information content (AvgIpc) is 2.84. The van der Waals surface area contributed by atoms with Gasteiger partial charge in [-0.1, -0.05) is 18.9 Å². The van der Waals surface area contributed by atoms with E-state index in [1.165, 1.54) is 12.1 Å². The van der Waals surface area contributed by atoms with Crippen LogP contribution in [0.4, 0.5) is 0 Å². The van der Waals surface area contributed by atoms with Gasteiger partial charge >= 0.3 is 5.97 Å². The maximum Gasteiger partial charge on any atom is 0.335 e. The lowest BCUT2D eigenvalue weighted by atomic mass is 10.0. The Balaban J connectivity index is 2.23. The molecule has 116 valence electrons. The maximum absolute atomic E-state index is 12.3. The Morgan fingerprint density at radius 3 is 2.52 bits per heavy atom. The number of aromatic carboxylic acids is 1. The summed E-state index contributed by atoms with van der Waals surface area (Å²) in [4.78, 5) is 10.9. The summed E-state index contributed by atoms with van der Waals surface area (Å²) in [5, 5.41) is 19.1. The van der Waals surface area contributed by atoms with Gasteiger partial charge in [0, 0.05) is 6.54 Å². The second-order valence-electron chi connectivity index (χ2n) is 5.54. The fourth-order valence-corrected chi connectivity index (χ4v) is 3.93. The predicted molar refractivity (Wildman–Crippen MR) is 76.7 cm³/mol. The molecule has 1 fully saturated rings. The maximum atomic E-state index is 12.3. The lowest BCUT2D eigenvalue weighted by Crippen LogP contribution is -2.40. The second-order valence-corrected chi connectivity index (χ2v) is 7.28.